The minimum absolute atomic E-state index is 0.0978. The molecule has 1 fully saturated rings. The summed E-state index contributed by atoms with van der Waals surface area (Å²) in [4.78, 5) is 12.9. The number of rotatable bonds is 6. The van der Waals surface area contributed by atoms with Crippen molar-refractivity contribution in [2.45, 2.75) is 45.7 Å². The van der Waals surface area contributed by atoms with Crippen LogP contribution in [-0.4, -0.2) is 16.5 Å². The third kappa shape index (κ3) is 3.68. The highest BCUT2D eigenvalue weighted by Gasteiger charge is 2.21. The van der Waals surface area contributed by atoms with Crippen LogP contribution >= 0.6 is 0 Å². The van der Waals surface area contributed by atoms with Crippen LogP contribution in [0.5, 0.6) is 0 Å². The zero-order valence-electron chi connectivity index (χ0n) is 16.8. The zero-order chi connectivity index (χ0) is 19.8. The maximum atomic E-state index is 12.9. The Morgan fingerprint density at radius 3 is 2.57 bits per heavy atom. The van der Waals surface area contributed by atoms with E-state index in [9.17, 15) is 4.79 Å². The summed E-state index contributed by atoms with van der Waals surface area (Å²) in [5.74, 6) is -0.0978. The quantitative estimate of drug-likeness (QED) is 0.599. The van der Waals surface area contributed by atoms with Gasteiger partial charge >= 0.3 is 0 Å². The van der Waals surface area contributed by atoms with Gasteiger partial charge in [-0.05, 0) is 74.4 Å². The van der Waals surface area contributed by atoms with Gasteiger partial charge in [-0.2, -0.15) is 0 Å². The predicted molar refractivity (Wildman–Crippen MR) is 117 cm³/mol. The van der Waals surface area contributed by atoms with Crippen molar-refractivity contribution in [2.24, 2.45) is 0 Å². The molecule has 1 heterocycles. The van der Waals surface area contributed by atoms with Gasteiger partial charge in [-0.25, -0.2) is 0 Å². The second-order valence-electron chi connectivity index (χ2n) is 7.97. The molecule has 0 atom stereocenters. The van der Waals surface area contributed by atoms with Crippen LogP contribution in [0.2, 0.25) is 0 Å². The van der Waals surface area contributed by atoms with Crippen molar-refractivity contribution in [3.05, 3.63) is 71.9 Å². The van der Waals surface area contributed by atoms with Gasteiger partial charge in [0.05, 0.1) is 0 Å². The second-order valence-corrected chi connectivity index (χ2v) is 7.97. The molecule has 0 saturated heterocycles. The van der Waals surface area contributed by atoms with Crippen molar-refractivity contribution in [1.29, 1.82) is 0 Å². The number of fused-ring (bicyclic) bond motifs is 1. The maximum absolute atomic E-state index is 12.9. The highest BCUT2D eigenvalue weighted by atomic mass is 16.1. The molecule has 144 valence electrons. The second kappa shape index (κ2) is 7.19. The highest BCUT2D eigenvalue weighted by molar-refractivity contribution is 6.06. The summed E-state index contributed by atoms with van der Waals surface area (Å²) in [5, 5.41) is 7.65. The van der Waals surface area contributed by atoms with Crippen LogP contribution in [-0.2, 0) is 0 Å². The van der Waals surface area contributed by atoms with E-state index in [-0.39, 0.29) is 5.91 Å². The lowest BCUT2D eigenvalue weighted by Crippen LogP contribution is -2.15. The van der Waals surface area contributed by atoms with E-state index in [1.165, 1.54) is 12.8 Å². The van der Waals surface area contributed by atoms with Crippen LogP contribution in [0.4, 0.5) is 5.69 Å². The van der Waals surface area contributed by atoms with E-state index in [1.807, 2.05) is 43.3 Å². The SMILES string of the molecule is C=C(NC1CC1)c1ccc(C)c(NC(=O)c2ccc3ccn(C(C)C)c3c2)c1. The third-order valence-corrected chi connectivity index (χ3v) is 5.33. The van der Waals surface area contributed by atoms with E-state index in [0.29, 0.717) is 17.6 Å². The van der Waals surface area contributed by atoms with Gasteiger partial charge in [-0.3, -0.25) is 4.79 Å². The number of carbonyl (C=O) groups is 1. The molecule has 0 aliphatic heterocycles. The van der Waals surface area contributed by atoms with Gasteiger partial charge in [-0.1, -0.05) is 24.8 Å². The molecule has 1 saturated carbocycles. The van der Waals surface area contributed by atoms with E-state index in [1.54, 1.807) is 0 Å². The maximum Gasteiger partial charge on any atom is 0.255 e. The van der Waals surface area contributed by atoms with Gasteiger partial charge < -0.3 is 15.2 Å². The van der Waals surface area contributed by atoms with Crippen LogP contribution in [0, 0.1) is 6.92 Å². The number of benzene rings is 2. The van der Waals surface area contributed by atoms with Gasteiger partial charge in [0.1, 0.15) is 0 Å². The number of amides is 1. The number of hydrogen-bond acceptors (Lipinski definition) is 2. The average Bonchev–Trinajstić information content (AvgIpc) is 3.37. The van der Waals surface area contributed by atoms with Gasteiger partial charge in [0, 0.05) is 40.7 Å². The molecule has 0 radical (unpaired) electrons. The summed E-state index contributed by atoms with van der Waals surface area (Å²) in [7, 11) is 0. The number of aryl methyl sites for hydroxylation is 1. The normalized spacial score (nSPS) is 13.7. The Kier molecular flexibility index (Phi) is 4.71. The number of hydrogen-bond donors (Lipinski definition) is 2. The molecule has 2 aromatic carbocycles. The molecule has 1 aromatic heterocycles. The topological polar surface area (TPSA) is 46.1 Å². The molecule has 0 bridgehead atoms. The number of anilines is 1. The fourth-order valence-electron chi connectivity index (χ4n) is 3.44. The molecule has 0 spiro atoms. The van der Waals surface area contributed by atoms with E-state index >= 15 is 0 Å². The van der Waals surface area contributed by atoms with Gasteiger partial charge in [-0.15, -0.1) is 0 Å². The molecular formula is C24H27N3O. The van der Waals surface area contributed by atoms with E-state index in [4.69, 9.17) is 0 Å². The predicted octanol–water partition coefficient (Wildman–Crippen LogP) is 5.51. The molecule has 4 heteroatoms. The van der Waals surface area contributed by atoms with Crippen molar-refractivity contribution in [2.75, 3.05) is 5.32 Å². The Hall–Kier alpha value is -3.01. The first-order chi connectivity index (χ1) is 13.4. The summed E-state index contributed by atoms with van der Waals surface area (Å²) in [5.41, 5.74) is 5.51. The van der Waals surface area contributed by atoms with Gasteiger partial charge in [0.15, 0.2) is 0 Å². The smallest absolute Gasteiger partial charge is 0.255 e. The molecule has 1 aliphatic carbocycles. The van der Waals surface area contributed by atoms with Crippen molar-refractivity contribution < 1.29 is 4.79 Å². The summed E-state index contributed by atoms with van der Waals surface area (Å²) in [6.07, 6.45) is 4.48. The fraction of sp³-hybridized carbons (Fsp3) is 0.292. The standard InChI is InChI=1S/C24H27N3O/c1-15(2)27-12-11-18-7-8-20(14-23(18)27)24(28)26-22-13-19(6-5-16(22)3)17(4)25-21-9-10-21/h5-8,11-15,21,25H,4,9-10H2,1-3H3,(H,26,28). The van der Waals surface area contributed by atoms with Crippen LogP contribution in [0.15, 0.2) is 55.2 Å². The molecule has 28 heavy (non-hydrogen) atoms. The van der Waals surface area contributed by atoms with Crippen molar-refractivity contribution in [1.82, 2.24) is 9.88 Å². The minimum atomic E-state index is -0.0978. The van der Waals surface area contributed by atoms with Crippen LogP contribution < -0.4 is 10.6 Å². The number of carbonyl (C=O) groups excluding carboxylic acids is 1. The van der Waals surface area contributed by atoms with Crippen molar-refractivity contribution >= 4 is 28.2 Å². The van der Waals surface area contributed by atoms with E-state index in [2.05, 4.69) is 47.9 Å². The summed E-state index contributed by atoms with van der Waals surface area (Å²) >= 11 is 0. The number of nitrogens with one attached hydrogen (secondary N) is 2. The highest BCUT2D eigenvalue weighted by Crippen LogP contribution is 2.26. The first-order valence-electron chi connectivity index (χ1n) is 9.91. The van der Waals surface area contributed by atoms with Crippen molar-refractivity contribution in [3.8, 4) is 0 Å². The van der Waals surface area contributed by atoms with Crippen LogP contribution in [0.3, 0.4) is 0 Å². The van der Waals surface area contributed by atoms with E-state index < -0.39 is 0 Å². The molecule has 1 amide bonds. The fourth-order valence-corrected chi connectivity index (χ4v) is 3.44. The Bertz CT molecular complexity index is 1060. The first kappa shape index (κ1) is 18.4. The lowest BCUT2D eigenvalue weighted by atomic mass is 10.1. The molecular weight excluding hydrogens is 346 g/mol. The lowest BCUT2D eigenvalue weighted by molar-refractivity contribution is 0.102. The van der Waals surface area contributed by atoms with E-state index in [0.717, 1.165) is 33.4 Å². The Labute approximate surface area is 166 Å². The Morgan fingerprint density at radius 2 is 1.86 bits per heavy atom. The molecule has 1 aliphatic rings. The zero-order valence-corrected chi connectivity index (χ0v) is 16.8. The third-order valence-electron chi connectivity index (χ3n) is 5.33. The van der Waals surface area contributed by atoms with Gasteiger partial charge in [0.2, 0.25) is 0 Å². The average molecular weight is 374 g/mol. The Morgan fingerprint density at radius 1 is 1.11 bits per heavy atom. The minimum Gasteiger partial charge on any atom is -0.382 e. The summed E-state index contributed by atoms with van der Waals surface area (Å²) in [6, 6.07) is 14.9. The molecule has 4 rings (SSSR count). The van der Waals surface area contributed by atoms with Crippen LogP contribution in [0.25, 0.3) is 16.6 Å². The van der Waals surface area contributed by atoms with Crippen molar-refractivity contribution in [3.63, 3.8) is 0 Å². The Balaban J connectivity index is 1.58. The molecule has 3 aromatic rings. The largest absolute Gasteiger partial charge is 0.382 e. The molecule has 0 unspecified atom stereocenters. The lowest BCUT2D eigenvalue weighted by Gasteiger charge is -2.14. The van der Waals surface area contributed by atoms with Gasteiger partial charge in [0.25, 0.3) is 5.91 Å². The monoisotopic (exact) mass is 373 g/mol. The first-order valence-corrected chi connectivity index (χ1v) is 9.91. The molecule has 4 nitrogen and oxygen atoms in total. The van der Waals surface area contributed by atoms with Crippen LogP contribution in [0.1, 0.15) is 54.2 Å². The number of aromatic nitrogens is 1. The summed E-state index contributed by atoms with van der Waals surface area (Å²) < 4.78 is 2.19. The molecule has 2 N–H and O–H groups in total. The number of nitrogens with zero attached hydrogens (tertiary/aromatic N) is 1. The summed E-state index contributed by atoms with van der Waals surface area (Å²) in [6.45, 7) is 10.4.